The van der Waals surface area contributed by atoms with E-state index in [1.807, 2.05) is 29.2 Å². The number of anilines is 2. The van der Waals surface area contributed by atoms with Crippen LogP contribution >= 0.6 is 11.8 Å². The molecule has 0 saturated carbocycles. The van der Waals surface area contributed by atoms with Crippen LogP contribution in [0.5, 0.6) is 0 Å². The molecule has 2 heterocycles. The molecule has 2 aromatic rings. The number of unbranched alkanes of at least 4 members (excludes halogenated alkanes) is 6. The Morgan fingerprint density at radius 1 is 0.810 bits per heavy atom. The fourth-order valence-electron chi connectivity index (χ4n) is 5.52. The van der Waals surface area contributed by atoms with Crippen LogP contribution in [-0.2, 0) is 15.7 Å². The van der Waals surface area contributed by atoms with Gasteiger partial charge < -0.3 is 14.5 Å². The van der Waals surface area contributed by atoms with E-state index in [9.17, 15) is 18.0 Å². The Hall–Kier alpha value is -1.23. The topological polar surface area (TPSA) is 36.0 Å². The van der Waals surface area contributed by atoms with Gasteiger partial charge in [0.25, 0.3) is 0 Å². The second-order valence-corrected chi connectivity index (χ2v) is 12.1. The molecule has 0 amide bonds. The Balaban J connectivity index is 0.00000484. The van der Waals surface area contributed by atoms with Gasteiger partial charge >= 0.3 is 41.7 Å². The summed E-state index contributed by atoms with van der Waals surface area (Å²) in [4.78, 5) is 20.8. The molecule has 0 bridgehead atoms. The van der Waals surface area contributed by atoms with E-state index >= 15 is 0 Å². The number of ether oxygens (including phenoxy) is 1. The average molecular weight is 616 g/mol. The Morgan fingerprint density at radius 3 is 2.17 bits per heavy atom. The van der Waals surface area contributed by atoms with Gasteiger partial charge in [0.2, 0.25) is 0 Å². The van der Waals surface area contributed by atoms with Crippen molar-refractivity contribution in [2.75, 3.05) is 57.3 Å². The average Bonchev–Trinajstić information content (AvgIpc) is 2.96. The van der Waals surface area contributed by atoms with E-state index in [1.165, 1.54) is 56.0 Å². The molecule has 4 rings (SSSR count). The third kappa shape index (κ3) is 10.7. The van der Waals surface area contributed by atoms with Gasteiger partial charge in [0.1, 0.15) is 6.61 Å². The van der Waals surface area contributed by atoms with Crippen molar-refractivity contribution >= 4 is 58.7 Å². The van der Waals surface area contributed by atoms with Crippen LogP contribution in [0.3, 0.4) is 0 Å². The first kappa shape index (κ1) is 35.3. The number of piperazine rings is 1. The zero-order chi connectivity index (χ0) is 29.1. The fourth-order valence-corrected chi connectivity index (χ4v) is 6.60. The van der Waals surface area contributed by atoms with E-state index in [4.69, 9.17) is 4.74 Å². The third-order valence-electron chi connectivity index (χ3n) is 7.93. The van der Waals surface area contributed by atoms with Gasteiger partial charge in [-0.25, -0.2) is 0 Å². The van der Waals surface area contributed by atoms with Gasteiger partial charge in [-0.2, -0.15) is 13.2 Å². The molecule has 2 aliphatic rings. The number of carbonyl (C=O) groups is 1. The predicted octanol–water partition coefficient (Wildman–Crippen LogP) is 7.35. The van der Waals surface area contributed by atoms with E-state index in [2.05, 4.69) is 16.7 Å². The molecule has 0 spiro atoms. The molecule has 1 fully saturated rings. The molecule has 0 radical (unpaired) electrons. The third-order valence-corrected chi connectivity index (χ3v) is 9.06. The van der Waals surface area contributed by atoms with Crippen molar-refractivity contribution < 1.29 is 22.7 Å². The summed E-state index contributed by atoms with van der Waals surface area (Å²) in [6, 6.07) is 12.0. The van der Waals surface area contributed by atoms with Crippen LogP contribution in [0.15, 0.2) is 52.3 Å². The normalized spacial score (nSPS) is 15.6. The number of rotatable bonds is 15. The summed E-state index contributed by atoms with van der Waals surface area (Å²) in [7, 11) is 0. The van der Waals surface area contributed by atoms with Gasteiger partial charge in [0, 0.05) is 55.5 Å². The summed E-state index contributed by atoms with van der Waals surface area (Å²) >= 11 is 1.53. The molecule has 0 aliphatic carbocycles. The SMILES string of the molecule is CCCCCCCCCC(=O)OCCN1CCN(CCCN2c3ccccc3Sc3ccc(C(F)(F)F)cc32)CC1.[NaH]. The van der Waals surface area contributed by atoms with Gasteiger partial charge in [0.15, 0.2) is 0 Å². The van der Waals surface area contributed by atoms with Crippen LogP contribution < -0.4 is 4.90 Å². The van der Waals surface area contributed by atoms with E-state index in [-0.39, 0.29) is 35.5 Å². The summed E-state index contributed by atoms with van der Waals surface area (Å²) in [6.45, 7) is 8.70. The predicted molar refractivity (Wildman–Crippen MR) is 167 cm³/mol. The van der Waals surface area contributed by atoms with E-state index < -0.39 is 11.7 Å². The molecule has 1 saturated heterocycles. The van der Waals surface area contributed by atoms with Crippen LogP contribution in [-0.4, -0.2) is 97.7 Å². The zero-order valence-electron chi connectivity index (χ0n) is 24.3. The zero-order valence-corrected chi connectivity index (χ0v) is 25.1. The standard InChI is InChI=1S/C32H44F3N3O2S.Na.H/c1-2-3-4-5-6-7-8-14-31(39)40-24-23-37-21-19-36(20-22-37)17-11-18-38-27-12-9-10-13-29(27)41-30-16-15-26(25-28(30)38)32(33,34)35;;/h9-10,12-13,15-16,25H,2-8,11,14,17-24H2,1H3;;. The van der Waals surface area contributed by atoms with Gasteiger partial charge in [0.05, 0.1) is 16.9 Å². The van der Waals surface area contributed by atoms with Gasteiger partial charge in [-0.1, -0.05) is 69.3 Å². The van der Waals surface area contributed by atoms with Crippen molar-refractivity contribution in [1.29, 1.82) is 0 Å². The van der Waals surface area contributed by atoms with Gasteiger partial charge in [-0.05, 0) is 49.7 Å². The molecular weight excluding hydrogens is 570 g/mol. The van der Waals surface area contributed by atoms with Crippen LogP contribution in [0.2, 0.25) is 0 Å². The maximum absolute atomic E-state index is 13.5. The maximum atomic E-state index is 13.5. The number of fused-ring (bicyclic) bond motifs is 2. The number of nitrogens with zero attached hydrogens (tertiary/aromatic N) is 3. The number of hydrogen-bond donors (Lipinski definition) is 0. The van der Waals surface area contributed by atoms with E-state index in [1.54, 1.807) is 6.07 Å². The molecule has 228 valence electrons. The molecule has 0 atom stereocenters. The van der Waals surface area contributed by atoms with Crippen LogP contribution in [0, 0.1) is 0 Å². The molecule has 10 heteroatoms. The molecule has 2 aliphatic heterocycles. The van der Waals surface area contributed by atoms with Crippen molar-refractivity contribution in [2.24, 2.45) is 0 Å². The molecule has 0 unspecified atom stereocenters. The number of esters is 1. The summed E-state index contributed by atoms with van der Waals surface area (Å²) in [6.07, 6.45) is 5.33. The Bertz CT molecular complexity index is 1110. The first-order valence-electron chi connectivity index (χ1n) is 15.2. The Morgan fingerprint density at radius 2 is 1.45 bits per heavy atom. The van der Waals surface area contributed by atoms with Gasteiger partial charge in [-0.15, -0.1) is 0 Å². The van der Waals surface area contributed by atoms with Crippen molar-refractivity contribution in [1.82, 2.24) is 9.80 Å². The van der Waals surface area contributed by atoms with Crippen molar-refractivity contribution in [3.05, 3.63) is 48.0 Å². The summed E-state index contributed by atoms with van der Waals surface area (Å²) < 4.78 is 45.9. The van der Waals surface area contributed by atoms with E-state index in [0.29, 0.717) is 25.3 Å². The second kappa shape index (κ2) is 17.9. The minimum absolute atomic E-state index is 0. The van der Waals surface area contributed by atoms with Crippen LogP contribution in [0.4, 0.5) is 24.5 Å². The first-order chi connectivity index (χ1) is 19.8. The van der Waals surface area contributed by atoms with Crippen LogP contribution in [0.25, 0.3) is 0 Å². The van der Waals surface area contributed by atoms with Crippen LogP contribution in [0.1, 0.15) is 70.3 Å². The quantitative estimate of drug-likeness (QED) is 0.119. The minimum atomic E-state index is -4.37. The van der Waals surface area contributed by atoms with Crippen molar-refractivity contribution in [3.63, 3.8) is 0 Å². The van der Waals surface area contributed by atoms with E-state index in [0.717, 1.165) is 74.0 Å². The number of para-hydroxylation sites is 1. The van der Waals surface area contributed by atoms with Gasteiger partial charge in [-0.3, -0.25) is 9.69 Å². The molecule has 5 nitrogen and oxygen atoms in total. The molecule has 0 aromatic heterocycles. The summed E-state index contributed by atoms with van der Waals surface area (Å²) in [5, 5.41) is 0. The number of benzene rings is 2. The Kier molecular flexibility index (Phi) is 15.0. The molecule has 0 N–H and O–H groups in total. The number of halogens is 3. The second-order valence-electron chi connectivity index (χ2n) is 11.0. The fraction of sp³-hybridized carbons (Fsp3) is 0.594. The summed E-state index contributed by atoms with van der Waals surface area (Å²) in [5.41, 5.74) is 0.992. The molecular formula is C32H45F3N3NaO2S. The number of alkyl halides is 3. The number of carbonyl (C=O) groups excluding carboxylic acids is 1. The Labute approximate surface area is 275 Å². The summed E-state index contributed by atoms with van der Waals surface area (Å²) in [5.74, 6) is -0.0844. The van der Waals surface area contributed by atoms with Crippen molar-refractivity contribution in [2.45, 2.75) is 80.7 Å². The monoisotopic (exact) mass is 615 g/mol. The van der Waals surface area contributed by atoms with Crippen molar-refractivity contribution in [3.8, 4) is 0 Å². The number of hydrogen-bond acceptors (Lipinski definition) is 6. The molecule has 2 aromatic carbocycles. The first-order valence-corrected chi connectivity index (χ1v) is 16.0. The molecule has 42 heavy (non-hydrogen) atoms.